The molecule has 0 radical (unpaired) electrons. The highest BCUT2D eigenvalue weighted by atomic mass is 16.1. The second-order valence-electron chi connectivity index (χ2n) is 5.65. The molecule has 6 heteroatoms. The quantitative estimate of drug-likeness (QED) is 0.859. The van der Waals surface area contributed by atoms with Crippen molar-refractivity contribution < 1.29 is 4.79 Å². The average molecular weight is 277 g/mol. The molecule has 0 spiro atoms. The third-order valence-corrected chi connectivity index (χ3v) is 3.62. The Morgan fingerprint density at radius 3 is 2.45 bits per heavy atom. The van der Waals surface area contributed by atoms with Gasteiger partial charge in [0, 0.05) is 26.2 Å². The number of hydrogen-bond donors (Lipinski definition) is 1. The second kappa shape index (κ2) is 6.65. The van der Waals surface area contributed by atoms with E-state index in [1.807, 2.05) is 6.07 Å². The van der Waals surface area contributed by atoms with Crippen LogP contribution < -0.4 is 10.6 Å². The summed E-state index contributed by atoms with van der Waals surface area (Å²) >= 11 is 0. The predicted octanol–water partition coefficient (Wildman–Crippen LogP) is 0.744. The van der Waals surface area contributed by atoms with Crippen LogP contribution in [0.4, 0.5) is 5.82 Å². The summed E-state index contributed by atoms with van der Waals surface area (Å²) in [6.45, 7) is 9.67. The zero-order valence-electron chi connectivity index (χ0n) is 12.2. The lowest BCUT2D eigenvalue weighted by molar-refractivity contribution is 0.0994. The molecule has 0 saturated carbocycles. The van der Waals surface area contributed by atoms with Crippen LogP contribution in [0.1, 0.15) is 30.8 Å². The fourth-order valence-corrected chi connectivity index (χ4v) is 2.27. The number of carbonyl (C=O) groups is 1. The van der Waals surface area contributed by atoms with Gasteiger partial charge in [0.1, 0.15) is 0 Å². The van der Waals surface area contributed by atoms with E-state index in [2.05, 4.69) is 33.8 Å². The van der Waals surface area contributed by atoms with Crippen molar-refractivity contribution in [2.75, 3.05) is 37.6 Å². The van der Waals surface area contributed by atoms with E-state index in [0.29, 0.717) is 0 Å². The SMILES string of the molecule is CC(C)CCN1CCN(c2ccc(C(N)=O)nn2)CC1. The highest BCUT2D eigenvalue weighted by Gasteiger charge is 2.18. The number of primary amides is 1. The van der Waals surface area contributed by atoms with Crippen molar-refractivity contribution in [3.8, 4) is 0 Å². The lowest BCUT2D eigenvalue weighted by Crippen LogP contribution is -2.47. The van der Waals surface area contributed by atoms with E-state index in [1.54, 1.807) is 6.07 Å². The summed E-state index contributed by atoms with van der Waals surface area (Å²) in [6, 6.07) is 3.45. The molecular formula is C14H23N5O. The Hall–Kier alpha value is -1.69. The van der Waals surface area contributed by atoms with Crippen LogP contribution in [-0.4, -0.2) is 53.7 Å². The van der Waals surface area contributed by atoms with E-state index >= 15 is 0 Å². The molecule has 1 aromatic rings. The van der Waals surface area contributed by atoms with Crippen LogP contribution in [0, 0.1) is 5.92 Å². The first-order chi connectivity index (χ1) is 9.56. The van der Waals surface area contributed by atoms with E-state index < -0.39 is 5.91 Å². The van der Waals surface area contributed by atoms with Gasteiger partial charge < -0.3 is 10.6 Å². The van der Waals surface area contributed by atoms with Gasteiger partial charge in [0.2, 0.25) is 0 Å². The minimum atomic E-state index is -0.539. The molecule has 1 saturated heterocycles. The number of carbonyl (C=O) groups excluding carboxylic acids is 1. The summed E-state index contributed by atoms with van der Waals surface area (Å²) in [7, 11) is 0. The maximum atomic E-state index is 11.0. The largest absolute Gasteiger partial charge is 0.364 e. The van der Waals surface area contributed by atoms with Crippen molar-refractivity contribution in [2.45, 2.75) is 20.3 Å². The first-order valence-corrected chi connectivity index (χ1v) is 7.17. The maximum absolute atomic E-state index is 11.0. The Morgan fingerprint density at radius 1 is 1.25 bits per heavy atom. The molecule has 1 aliphatic heterocycles. The first kappa shape index (κ1) is 14.7. The van der Waals surface area contributed by atoms with Gasteiger partial charge in [-0.2, -0.15) is 0 Å². The number of piperazine rings is 1. The maximum Gasteiger partial charge on any atom is 0.269 e. The van der Waals surface area contributed by atoms with Crippen LogP contribution in [0.2, 0.25) is 0 Å². The summed E-state index contributed by atoms with van der Waals surface area (Å²) in [5.41, 5.74) is 5.37. The molecule has 1 fully saturated rings. The lowest BCUT2D eigenvalue weighted by Gasteiger charge is -2.35. The fourth-order valence-electron chi connectivity index (χ4n) is 2.27. The Balaban J connectivity index is 1.85. The molecule has 0 aliphatic carbocycles. The highest BCUT2D eigenvalue weighted by Crippen LogP contribution is 2.13. The van der Waals surface area contributed by atoms with Gasteiger partial charge >= 0.3 is 0 Å². The number of nitrogens with zero attached hydrogens (tertiary/aromatic N) is 4. The van der Waals surface area contributed by atoms with Gasteiger partial charge in [-0.1, -0.05) is 13.8 Å². The number of hydrogen-bond acceptors (Lipinski definition) is 5. The van der Waals surface area contributed by atoms with E-state index in [9.17, 15) is 4.79 Å². The van der Waals surface area contributed by atoms with Crippen molar-refractivity contribution in [3.05, 3.63) is 17.8 Å². The Kier molecular flexibility index (Phi) is 4.89. The van der Waals surface area contributed by atoms with E-state index in [0.717, 1.165) is 44.5 Å². The number of aromatic nitrogens is 2. The summed E-state index contributed by atoms with van der Waals surface area (Å²) in [5, 5.41) is 7.93. The molecule has 0 aromatic carbocycles. The number of nitrogens with two attached hydrogens (primary N) is 1. The molecule has 0 atom stereocenters. The molecule has 20 heavy (non-hydrogen) atoms. The number of anilines is 1. The molecule has 1 amide bonds. The molecular weight excluding hydrogens is 254 g/mol. The third kappa shape index (κ3) is 3.90. The summed E-state index contributed by atoms with van der Waals surface area (Å²) in [4.78, 5) is 15.6. The topological polar surface area (TPSA) is 75.3 Å². The van der Waals surface area contributed by atoms with E-state index in [1.165, 1.54) is 6.42 Å². The Labute approximate surface area is 120 Å². The molecule has 6 nitrogen and oxygen atoms in total. The second-order valence-corrected chi connectivity index (χ2v) is 5.65. The zero-order chi connectivity index (χ0) is 14.5. The third-order valence-electron chi connectivity index (χ3n) is 3.62. The molecule has 110 valence electrons. The van der Waals surface area contributed by atoms with Gasteiger partial charge in [0.05, 0.1) is 0 Å². The molecule has 2 N–H and O–H groups in total. The summed E-state index contributed by atoms with van der Waals surface area (Å²) < 4.78 is 0. The average Bonchev–Trinajstić information content (AvgIpc) is 2.46. The van der Waals surface area contributed by atoms with Crippen molar-refractivity contribution in [2.24, 2.45) is 11.7 Å². The molecule has 1 aromatic heterocycles. The van der Waals surface area contributed by atoms with E-state index in [-0.39, 0.29) is 5.69 Å². The Bertz CT molecular complexity index is 437. The monoisotopic (exact) mass is 277 g/mol. The predicted molar refractivity (Wildman–Crippen MR) is 78.7 cm³/mol. The minimum absolute atomic E-state index is 0.212. The van der Waals surface area contributed by atoms with Crippen molar-refractivity contribution in [1.29, 1.82) is 0 Å². The molecule has 0 unspecified atom stereocenters. The smallest absolute Gasteiger partial charge is 0.269 e. The van der Waals surface area contributed by atoms with Gasteiger partial charge in [0.15, 0.2) is 11.5 Å². The molecule has 0 bridgehead atoms. The van der Waals surface area contributed by atoms with Gasteiger partial charge in [0.25, 0.3) is 5.91 Å². The van der Waals surface area contributed by atoms with Crippen LogP contribution in [0.5, 0.6) is 0 Å². The molecule has 1 aliphatic rings. The van der Waals surface area contributed by atoms with Crippen molar-refractivity contribution in [3.63, 3.8) is 0 Å². The highest BCUT2D eigenvalue weighted by molar-refractivity contribution is 5.90. The van der Waals surface area contributed by atoms with Crippen LogP contribution in [-0.2, 0) is 0 Å². The van der Waals surface area contributed by atoms with Gasteiger partial charge in [-0.05, 0) is 31.0 Å². The summed E-state index contributed by atoms with van der Waals surface area (Å²) in [5.74, 6) is 1.03. The van der Waals surface area contributed by atoms with Crippen molar-refractivity contribution in [1.82, 2.24) is 15.1 Å². The summed E-state index contributed by atoms with van der Waals surface area (Å²) in [6.07, 6.45) is 1.24. The number of amides is 1. The van der Waals surface area contributed by atoms with Crippen molar-refractivity contribution >= 4 is 11.7 Å². The zero-order valence-corrected chi connectivity index (χ0v) is 12.2. The van der Waals surface area contributed by atoms with Crippen LogP contribution in [0.3, 0.4) is 0 Å². The van der Waals surface area contributed by atoms with Gasteiger partial charge in [-0.3, -0.25) is 9.69 Å². The van der Waals surface area contributed by atoms with Crippen LogP contribution in [0.15, 0.2) is 12.1 Å². The first-order valence-electron chi connectivity index (χ1n) is 7.17. The van der Waals surface area contributed by atoms with Gasteiger partial charge in [-0.15, -0.1) is 10.2 Å². The van der Waals surface area contributed by atoms with E-state index in [4.69, 9.17) is 5.73 Å². The number of rotatable bonds is 5. The van der Waals surface area contributed by atoms with Crippen LogP contribution in [0.25, 0.3) is 0 Å². The minimum Gasteiger partial charge on any atom is -0.364 e. The normalized spacial score (nSPS) is 16.6. The fraction of sp³-hybridized carbons (Fsp3) is 0.643. The standard InChI is InChI=1S/C14H23N5O/c1-11(2)5-6-18-7-9-19(10-8-18)13-4-3-12(14(15)20)16-17-13/h3-4,11H,5-10H2,1-2H3,(H2,15,20). The molecule has 2 heterocycles. The lowest BCUT2D eigenvalue weighted by atomic mass is 10.1. The van der Waals surface area contributed by atoms with Gasteiger partial charge in [-0.25, -0.2) is 0 Å². The van der Waals surface area contributed by atoms with Crippen LogP contribution >= 0.6 is 0 Å². The molecule has 2 rings (SSSR count). The Morgan fingerprint density at radius 2 is 1.95 bits per heavy atom.